The largest absolute Gasteiger partial charge is 0.310 e. The van der Waals surface area contributed by atoms with Gasteiger partial charge in [-0.2, -0.15) is 0 Å². The van der Waals surface area contributed by atoms with Gasteiger partial charge >= 0.3 is 0 Å². The van der Waals surface area contributed by atoms with E-state index in [1.54, 1.807) is 0 Å². The predicted octanol–water partition coefficient (Wildman–Crippen LogP) is 12.3. The summed E-state index contributed by atoms with van der Waals surface area (Å²) in [6.07, 6.45) is 3.78. The van der Waals surface area contributed by atoms with Gasteiger partial charge in [-0.15, -0.1) is 11.3 Å². The first-order valence-electron chi connectivity index (χ1n) is 15.2. The van der Waals surface area contributed by atoms with Crippen LogP contribution in [0.1, 0.15) is 0 Å². The maximum Gasteiger partial charge on any atom is 0.0645 e. The molecule has 6 aromatic carbocycles. The highest BCUT2D eigenvalue weighted by Crippen LogP contribution is 2.48. The third-order valence-electron chi connectivity index (χ3n) is 8.66. The van der Waals surface area contributed by atoms with Crippen LogP contribution < -0.4 is 4.90 Å². The highest BCUT2D eigenvalue weighted by molar-refractivity contribution is 7.26. The molecular formula is C41H26ClN3S. The maximum absolute atomic E-state index is 7.01. The normalized spacial score (nSPS) is 11.6. The second-order valence-corrected chi connectivity index (χ2v) is 12.9. The number of anilines is 3. The fourth-order valence-electron chi connectivity index (χ4n) is 6.77. The lowest BCUT2D eigenvalue weighted by Gasteiger charge is -2.26. The molecule has 0 spiro atoms. The molecule has 9 aromatic rings. The third-order valence-corrected chi connectivity index (χ3v) is 10.1. The maximum atomic E-state index is 7.01. The van der Waals surface area contributed by atoms with Crippen LogP contribution >= 0.6 is 22.9 Å². The second-order valence-electron chi connectivity index (χ2n) is 11.4. The fraction of sp³-hybridized carbons (Fsp3) is 0. The molecule has 0 fully saturated rings. The first-order chi connectivity index (χ1) is 22.7. The molecule has 0 atom stereocenters. The van der Waals surface area contributed by atoms with E-state index >= 15 is 0 Å². The van der Waals surface area contributed by atoms with Crippen molar-refractivity contribution in [2.45, 2.75) is 0 Å². The Balaban J connectivity index is 1.39. The van der Waals surface area contributed by atoms with Crippen molar-refractivity contribution in [2.75, 3.05) is 4.90 Å². The molecule has 0 radical (unpaired) electrons. The van der Waals surface area contributed by atoms with E-state index in [1.165, 1.54) is 42.0 Å². The van der Waals surface area contributed by atoms with Gasteiger partial charge in [0, 0.05) is 64.8 Å². The summed E-state index contributed by atoms with van der Waals surface area (Å²) in [5, 5.41) is 5.60. The Hall–Kier alpha value is -5.42. The van der Waals surface area contributed by atoms with Gasteiger partial charge in [-0.3, -0.25) is 4.98 Å². The Bertz CT molecular complexity index is 2500. The van der Waals surface area contributed by atoms with E-state index in [2.05, 4.69) is 142 Å². The number of thiophene rings is 1. The summed E-state index contributed by atoms with van der Waals surface area (Å²) >= 11 is 8.85. The van der Waals surface area contributed by atoms with Crippen molar-refractivity contribution in [3.8, 4) is 16.8 Å². The topological polar surface area (TPSA) is 21.1 Å². The summed E-state index contributed by atoms with van der Waals surface area (Å²) in [6.45, 7) is 0. The predicted molar refractivity (Wildman–Crippen MR) is 197 cm³/mol. The molecule has 0 saturated carbocycles. The molecule has 0 saturated heterocycles. The summed E-state index contributed by atoms with van der Waals surface area (Å²) in [5.74, 6) is 0. The average molecular weight is 628 g/mol. The summed E-state index contributed by atoms with van der Waals surface area (Å²) in [7, 11) is 0. The van der Waals surface area contributed by atoms with Gasteiger partial charge in [0.25, 0.3) is 0 Å². The van der Waals surface area contributed by atoms with Crippen molar-refractivity contribution in [1.29, 1.82) is 0 Å². The summed E-state index contributed by atoms with van der Waals surface area (Å²) in [6, 6.07) is 51.3. The number of pyridine rings is 1. The molecule has 0 amide bonds. The molecule has 0 bridgehead atoms. The number of fused-ring (bicyclic) bond motifs is 7. The minimum absolute atomic E-state index is 0.691. The molecule has 3 heterocycles. The summed E-state index contributed by atoms with van der Waals surface area (Å²) in [4.78, 5) is 6.77. The zero-order valence-electron chi connectivity index (χ0n) is 24.6. The lowest BCUT2D eigenvalue weighted by molar-refractivity contribution is 1.15. The van der Waals surface area contributed by atoms with Crippen LogP contribution in [0.15, 0.2) is 158 Å². The standard InChI is InChI=1S/C41H26ClN3S/c42-28-22-27(23-32(24-28)44(29-12-3-1-4-13-29)30-14-5-2-6-15-30)35-25-36-33-17-7-9-19-37(33)45(31-16-11-21-43-26-31)40(36)39-34-18-8-10-20-38(34)46-41(35)39/h1-26H. The smallest absolute Gasteiger partial charge is 0.0645 e. The fourth-order valence-corrected chi connectivity index (χ4v) is 8.24. The number of para-hydroxylation sites is 3. The van der Waals surface area contributed by atoms with E-state index in [-0.39, 0.29) is 0 Å². The Morgan fingerprint density at radius 3 is 2.04 bits per heavy atom. The number of benzene rings is 6. The van der Waals surface area contributed by atoms with Crippen molar-refractivity contribution in [3.05, 3.63) is 163 Å². The summed E-state index contributed by atoms with van der Waals surface area (Å²) in [5.41, 5.74) is 8.80. The Labute approximate surface area is 275 Å². The molecule has 0 aliphatic carbocycles. The van der Waals surface area contributed by atoms with Gasteiger partial charge in [0.2, 0.25) is 0 Å². The number of rotatable bonds is 5. The van der Waals surface area contributed by atoms with Crippen LogP contribution in [-0.4, -0.2) is 9.55 Å². The van der Waals surface area contributed by atoms with E-state index in [0.717, 1.165) is 33.8 Å². The van der Waals surface area contributed by atoms with Crippen LogP contribution in [0.3, 0.4) is 0 Å². The van der Waals surface area contributed by atoms with Crippen LogP contribution in [0.5, 0.6) is 0 Å². The monoisotopic (exact) mass is 627 g/mol. The number of nitrogens with zero attached hydrogens (tertiary/aromatic N) is 3. The van der Waals surface area contributed by atoms with Crippen molar-refractivity contribution < 1.29 is 0 Å². The molecule has 0 aliphatic rings. The average Bonchev–Trinajstić information content (AvgIpc) is 3.65. The first-order valence-corrected chi connectivity index (χ1v) is 16.4. The highest BCUT2D eigenvalue weighted by atomic mass is 35.5. The zero-order chi connectivity index (χ0) is 30.6. The van der Waals surface area contributed by atoms with Crippen molar-refractivity contribution >= 4 is 82.0 Å². The minimum Gasteiger partial charge on any atom is -0.310 e. The van der Waals surface area contributed by atoms with Crippen LogP contribution in [0, 0.1) is 0 Å². The van der Waals surface area contributed by atoms with E-state index in [0.29, 0.717) is 5.02 Å². The quantitative estimate of drug-likeness (QED) is 0.189. The lowest BCUT2D eigenvalue weighted by Crippen LogP contribution is -2.09. The van der Waals surface area contributed by atoms with Crippen molar-refractivity contribution in [1.82, 2.24) is 9.55 Å². The minimum atomic E-state index is 0.691. The number of aromatic nitrogens is 2. The Morgan fingerprint density at radius 2 is 1.30 bits per heavy atom. The van der Waals surface area contributed by atoms with Gasteiger partial charge in [-0.25, -0.2) is 0 Å². The van der Waals surface area contributed by atoms with Crippen LogP contribution in [0.2, 0.25) is 5.02 Å². The van der Waals surface area contributed by atoms with Gasteiger partial charge in [0.15, 0.2) is 0 Å². The molecule has 3 aromatic heterocycles. The van der Waals surface area contributed by atoms with E-state index in [9.17, 15) is 0 Å². The van der Waals surface area contributed by atoms with Crippen molar-refractivity contribution in [3.63, 3.8) is 0 Å². The molecule has 9 rings (SSSR count). The Kier molecular flexibility index (Phi) is 6.37. The third kappa shape index (κ3) is 4.30. The molecule has 0 unspecified atom stereocenters. The lowest BCUT2D eigenvalue weighted by atomic mass is 9.98. The first kappa shape index (κ1) is 26.9. The van der Waals surface area contributed by atoms with E-state index in [1.807, 2.05) is 41.9 Å². The van der Waals surface area contributed by atoms with Gasteiger partial charge in [-0.1, -0.05) is 84.4 Å². The zero-order valence-corrected chi connectivity index (χ0v) is 26.2. The second kappa shape index (κ2) is 10.9. The molecule has 0 aliphatic heterocycles. The number of hydrogen-bond acceptors (Lipinski definition) is 3. The van der Waals surface area contributed by atoms with Gasteiger partial charge < -0.3 is 9.47 Å². The van der Waals surface area contributed by atoms with Crippen LogP contribution in [0.25, 0.3) is 58.8 Å². The van der Waals surface area contributed by atoms with E-state index < -0.39 is 0 Å². The number of hydrogen-bond donors (Lipinski definition) is 0. The molecule has 3 nitrogen and oxygen atoms in total. The SMILES string of the molecule is Clc1cc(-c2cc3c4ccccc4n(-c4cccnc4)c3c3c2sc2ccccc23)cc(N(c2ccccc2)c2ccccc2)c1. The molecule has 0 N–H and O–H groups in total. The molecule has 218 valence electrons. The van der Waals surface area contributed by atoms with Gasteiger partial charge in [-0.05, 0) is 78.4 Å². The molecule has 46 heavy (non-hydrogen) atoms. The van der Waals surface area contributed by atoms with Gasteiger partial charge in [0.05, 0.1) is 22.9 Å². The number of halogens is 1. The Morgan fingerprint density at radius 1 is 0.609 bits per heavy atom. The van der Waals surface area contributed by atoms with Crippen molar-refractivity contribution in [2.24, 2.45) is 0 Å². The molecular weight excluding hydrogens is 602 g/mol. The van der Waals surface area contributed by atoms with Gasteiger partial charge in [0.1, 0.15) is 0 Å². The molecule has 5 heteroatoms. The summed E-state index contributed by atoms with van der Waals surface area (Å²) < 4.78 is 4.87. The highest BCUT2D eigenvalue weighted by Gasteiger charge is 2.22. The van der Waals surface area contributed by atoms with Crippen LogP contribution in [-0.2, 0) is 0 Å². The van der Waals surface area contributed by atoms with Crippen LogP contribution in [0.4, 0.5) is 17.1 Å². The van der Waals surface area contributed by atoms with E-state index in [4.69, 9.17) is 11.6 Å².